The first-order chi connectivity index (χ1) is 4.30. The van der Waals surface area contributed by atoms with Gasteiger partial charge in [0.1, 0.15) is 0 Å². The van der Waals surface area contributed by atoms with Crippen molar-refractivity contribution in [3.05, 3.63) is 12.3 Å². The Balaban J connectivity index is 2.50. The fourth-order valence-corrected chi connectivity index (χ4v) is 0.943. The highest BCUT2D eigenvalue weighted by Gasteiger charge is 2.07. The van der Waals surface area contributed by atoms with E-state index in [0.29, 0.717) is 0 Å². The number of nitrogens with zero attached hydrogens (tertiary/aromatic N) is 1. The van der Waals surface area contributed by atoms with Gasteiger partial charge >= 0.3 is 5.37 Å². The number of hydrogen-bond donors (Lipinski definition) is 0. The molecule has 0 radical (unpaired) electrons. The van der Waals surface area contributed by atoms with Gasteiger partial charge in [-0.05, 0) is 24.4 Å². The highest BCUT2D eigenvalue weighted by atomic mass is 35.5. The van der Waals surface area contributed by atoms with Crippen molar-refractivity contribution in [1.82, 2.24) is 4.90 Å². The van der Waals surface area contributed by atoms with Crippen molar-refractivity contribution in [3.63, 3.8) is 0 Å². The van der Waals surface area contributed by atoms with Gasteiger partial charge in [-0.15, -0.1) is 0 Å². The zero-order valence-electron chi connectivity index (χ0n) is 5.01. The molecule has 1 amide bonds. The number of halogens is 1. The fourth-order valence-electron chi connectivity index (χ4n) is 0.802. The largest absolute Gasteiger partial charge is 0.320 e. The van der Waals surface area contributed by atoms with E-state index >= 15 is 0 Å². The quantitative estimate of drug-likeness (QED) is 0.377. The molecule has 0 spiro atoms. The molecule has 0 saturated carbocycles. The monoisotopic (exact) mass is 145 g/mol. The van der Waals surface area contributed by atoms with E-state index in [1.165, 1.54) is 4.90 Å². The highest BCUT2D eigenvalue weighted by Crippen LogP contribution is 2.07. The molecule has 3 heteroatoms. The predicted molar refractivity (Wildman–Crippen MR) is 36.3 cm³/mol. The van der Waals surface area contributed by atoms with Gasteiger partial charge < -0.3 is 4.90 Å². The van der Waals surface area contributed by atoms with Gasteiger partial charge in [0.05, 0.1) is 0 Å². The van der Waals surface area contributed by atoms with Crippen molar-refractivity contribution < 1.29 is 4.79 Å². The lowest BCUT2D eigenvalue weighted by molar-refractivity contribution is 0.236. The lowest BCUT2D eigenvalue weighted by Crippen LogP contribution is -2.22. The minimum Gasteiger partial charge on any atom is -0.306 e. The third kappa shape index (κ3) is 1.72. The molecular formula is C6H8ClNO. The van der Waals surface area contributed by atoms with Crippen molar-refractivity contribution >= 4 is 17.0 Å². The first-order valence-electron chi connectivity index (χ1n) is 2.93. The second-order valence-electron chi connectivity index (χ2n) is 1.97. The van der Waals surface area contributed by atoms with Crippen molar-refractivity contribution in [3.8, 4) is 0 Å². The van der Waals surface area contributed by atoms with Crippen LogP contribution < -0.4 is 0 Å². The van der Waals surface area contributed by atoms with Crippen LogP contribution in [-0.4, -0.2) is 16.8 Å². The van der Waals surface area contributed by atoms with Crippen molar-refractivity contribution in [2.75, 3.05) is 6.54 Å². The molecule has 0 saturated heterocycles. The van der Waals surface area contributed by atoms with E-state index in [9.17, 15) is 4.79 Å². The summed E-state index contributed by atoms with van der Waals surface area (Å²) in [4.78, 5) is 11.9. The maximum atomic E-state index is 10.4. The lowest BCUT2D eigenvalue weighted by Gasteiger charge is -2.17. The van der Waals surface area contributed by atoms with Gasteiger partial charge in [-0.3, -0.25) is 4.79 Å². The summed E-state index contributed by atoms with van der Waals surface area (Å²) in [6.07, 6.45) is 5.76. The Labute approximate surface area is 59.1 Å². The third-order valence-corrected chi connectivity index (χ3v) is 1.50. The molecule has 0 aromatic heterocycles. The molecule has 9 heavy (non-hydrogen) atoms. The second-order valence-corrected chi connectivity index (χ2v) is 2.30. The van der Waals surface area contributed by atoms with Gasteiger partial charge in [0.2, 0.25) is 0 Å². The van der Waals surface area contributed by atoms with Gasteiger partial charge in [0.25, 0.3) is 0 Å². The molecule has 50 valence electrons. The van der Waals surface area contributed by atoms with Crippen LogP contribution in [0.25, 0.3) is 0 Å². The van der Waals surface area contributed by atoms with E-state index in [0.717, 1.165) is 19.4 Å². The molecule has 1 rings (SSSR count). The summed E-state index contributed by atoms with van der Waals surface area (Å²) in [5.74, 6) is 0. The molecule has 0 fully saturated rings. The van der Waals surface area contributed by atoms with Crippen LogP contribution in [0.3, 0.4) is 0 Å². The average Bonchev–Trinajstić information content (AvgIpc) is 1.90. The maximum Gasteiger partial charge on any atom is 0.320 e. The van der Waals surface area contributed by atoms with Crippen molar-refractivity contribution in [1.29, 1.82) is 0 Å². The van der Waals surface area contributed by atoms with Crippen LogP contribution in [0.1, 0.15) is 12.8 Å². The molecule has 1 aliphatic heterocycles. The molecule has 0 aliphatic carbocycles. The summed E-state index contributed by atoms with van der Waals surface area (Å²) in [7, 11) is 0. The molecular weight excluding hydrogens is 138 g/mol. The molecule has 0 unspecified atom stereocenters. The molecule has 0 aromatic rings. The summed E-state index contributed by atoms with van der Waals surface area (Å²) < 4.78 is 0. The number of rotatable bonds is 0. The van der Waals surface area contributed by atoms with Gasteiger partial charge in [0.15, 0.2) is 0 Å². The third-order valence-electron chi connectivity index (χ3n) is 1.28. The van der Waals surface area contributed by atoms with Crippen molar-refractivity contribution in [2.24, 2.45) is 0 Å². The van der Waals surface area contributed by atoms with Gasteiger partial charge in [-0.25, -0.2) is 0 Å². The summed E-state index contributed by atoms with van der Waals surface area (Å²) in [5, 5.41) is -0.383. The Hall–Kier alpha value is -0.500. The van der Waals surface area contributed by atoms with Crippen LogP contribution >= 0.6 is 11.6 Å². The maximum absolute atomic E-state index is 10.4. The summed E-state index contributed by atoms with van der Waals surface area (Å²) in [6, 6.07) is 0. The molecule has 2 nitrogen and oxygen atoms in total. The summed E-state index contributed by atoms with van der Waals surface area (Å²) >= 11 is 5.19. The molecule has 0 atom stereocenters. The van der Waals surface area contributed by atoms with E-state index in [-0.39, 0.29) is 5.37 Å². The zero-order chi connectivity index (χ0) is 6.69. The Kier molecular flexibility index (Phi) is 2.11. The average molecular weight is 146 g/mol. The number of amides is 1. The van der Waals surface area contributed by atoms with Crippen LogP contribution in [-0.2, 0) is 0 Å². The summed E-state index contributed by atoms with van der Waals surface area (Å²) in [5.41, 5.74) is 0. The first kappa shape index (κ1) is 6.62. The molecule has 0 N–H and O–H groups in total. The van der Waals surface area contributed by atoms with E-state index in [4.69, 9.17) is 11.6 Å². The van der Waals surface area contributed by atoms with Crippen LogP contribution in [0.5, 0.6) is 0 Å². The minimum atomic E-state index is -0.383. The Morgan fingerprint density at radius 1 is 1.67 bits per heavy atom. The van der Waals surface area contributed by atoms with Crippen LogP contribution in [0.2, 0.25) is 0 Å². The Morgan fingerprint density at radius 2 is 2.44 bits per heavy atom. The number of allylic oxidation sites excluding steroid dienone is 1. The van der Waals surface area contributed by atoms with Gasteiger partial charge in [-0.2, -0.15) is 0 Å². The standard InChI is InChI=1S/C6H8ClNO/c7-6(9)8-4-2-1-3-5-8/h2,4H,1,3,5H2. The SMILES string of the molecule is O=C(Cl)N1C=CCCC1. The molecule has 0 aromatic carbocycles. The second kappa shape index (κ2) is 2.87. The van der Waals surface area contributed by atoms with Crippen molar-refractivity contribution in [2.45, 2.75) is 12.8 Å². The zero-order valence-corrected chi connectivity index (χ0v) is 5.77. The van der Waals surface area contributed by atoms with Crippen LogP contribution in [0, 0.1) is 0 Å². The normalized spacial score (nSPS) is 18.1. The first-order valence-corrected chi connectivity index (χ1v) is 3.31. The fraction of sp³-hybridized carbons (Fsp3) is 0.500. The number of carbonyl (C=O) groups is 1. The molecule has 1 aliphatic rings. The lowest BCUT2D eigenvalue weighted by atomic mass is 10.2. The van der Waals surface area contributed by atoms with Gasteiger partial charge in [0, 0.05) is 12.7 Å². The highest BCUT2D eigenvalue weighted by molar-refractivity contribution is 6.62. The van der Waals surface area contributed by atoms with E-state index in [2.05, 4.69) is 0 Å². The molecule has 1 heterocycles. The number of hydrogen-bond acceptors (Lipinski definition) is 1. The minimum absolute atomic E-state index is 0.383. The van der Waals surface area contributed by atoms with Crippen LogP contribution in [0.4, 0.5) is 4.79 Å². The van der Waals surface area contributed by atoms with E-state index < -0.39 is 0 Å². The predicted octanol–water partition coefficient (Wildman–Crippen LogP) is 1.95. The Bertz CT molecular complexity index is 144. The summed E-state index contributed by atoms with van der Waals surface area (Å²) in [6.45, 7) is 0.763. The van der Waals surface area contributed by atoms with E-state index in [1.54, 1.807) is 6.20 Å². The Morgan fingerprint density at radius 3 is 2.78 bits per heavy atom. The van der Waals surface area contributed by atoms with Crippen LogP contribution in [0.15, 0.2) is 12.3 Å². The topological polar surface area (TPSA) is 20.3 Å². The number of carbonyl (C=O) groups excluding carboxylic acids is 1. The van der Waals surface area contributed by atoms with E-state index in [1.807, 2.05) is 6.08 Å². The van der Waals surface area contributed by atoms with Gasteiger partial charge in [-0.1, -0.05) is 6.08 Å². The molecule has 0 bridgehead atoms. The smallest absolute Gasteiger partial charge is 0.306 e.